The number of carbonyl (C=O) groups is 1. The zero-order chi connectivity index (χ0) is 14.6. The molecule has 2 saturated carbocycles. The molecular formula is C17H32N2O. The van der Waals surface area contributed by atoms with Gasteiger partial charge in [-0.05, 0) is 56.8 Å². The Labute approximate surface area is 124 Å². The summed E-state index contributed by atoms with van der Waals surface area (Å²) in [6.45, 7) is 7.02. The van der Waals surface area contributed by atoms with Crippen molar-refractivity contribution in [1.82, 2.24) is 10.6 Å². The molecule has 1 atom stereocenters. The summed E-state index contributed by atoms with van der Waals surface area (Å²) in [5.41, 5.74) is 0.682. The summed E-state index contributed by atoms with van der Waals surface area (Å²) in [6.07, 6.45) is 11.0. The van der Waals surface area contributed by atoms with Gasteiger partial charge >= 0.3 is 0 Å². The van der Waals surface area contributed by atoms with Gasteiger partial charge in [0.05, 0.1) is 6.04 Å². The first kappa shape index (κ1) is 15.8. The molecule has 116 valence electrons. The van der Waals surface area contributed by atoms with E-state index in [-0.39, 0.29) is 11.9 Å². The molecule has 20 heavy (non-hydrogen) atoms. The standard InChI is InChI=1S/C17H32N2O/c1-13(2)12-18-16(20)14(3)19-15-6-10-17(11-7-15)8-4-5-9-17/h13-15,19H,4-12H2,1-3H3,(H,18,20). The maximum absolute atomic E-state index is 12.0. The lowest BCUT2D eigenvalue weighted by Gasteiger charge is -2.38. The van der Waals surface area contributed by atoms with E-state index in [4.69, 9.17) is 0 Å². The van der Waals surface area contributed by atoms with Crippen molar-refractivity contribution < 1.29 is 4.79 Å². The Hall–Kier alpha value is -0.570. The van der Waals surface area contributed by atoms with Crippen molar-refractivity contribution in [1.29, 1.82) is 0 Å². The van der Waals surface area contributed by atoms with Gasteiger partial charge in [-0.2, -0.15) is 0 Å². The third-order valence-corrected chi connectivity index (χ3v) is 5.27. The van der Waals surface area contributed by atoms with Crippen molar-refractivity contribution in [2.75, 3.05) is 6.54 Å². The summed E-state index contributed by atoms with van der Waals surface area (Å²) >= 11 is 0. The van der Waals surface area contributed by atoms with Gasteiger partial charge in [0.2, 0.25) is 5.91 Å². The van der Waals surface area contributed by atoms with Crippen molar-refractivity contribution in [3.8, 4) is 0 Å². The average Bonchev–Trinajstić information content (AvgIpc) is 2.87. The fourth-order valence-electron chi connectivity index (χ4n) is 3.91. The van der Waals surface area contributed by atoms with Crippen LogP contribution >= 0.6 is 0 Å². The van der Waals surface area contributed by atoms with E-state index in [9.17, 15) is 4.79 Å². The van der Waals surface area contributed by atoms with E-state index in [2.05, 4.69) is 24.5 Å². The first-order valence-electron chi connectivity index (χ1n) is 8.54. The van der Waals surface area contributed by atoms with Crippen LogP contribution in [0.15, 0.2) is 0 Å². The summed E-state index contributed by atoms with van der Waals surface area (Å²) < 4.78 is 0. The van der Waals surface area contributed by atoms with E-state index in [1.54, 1.807) is 0 Å². The molecule has 0 saturated heterocycles. The van der Waals surface area contributed by atoms with Crippen LogP contribution in [0, 0.1) is 11.3 Å². The fourth-order valence-corrected chi connectivity index (χ4v) is 3.91. The van der Waals surface area contributed by atoms with E-state index >= 15 is 0 Å². The van der Waals surface area contributed by atoms with Gasteiger partial charge in [0, 0.05) is 12.6 Å². The Morgan fingerprint density at radius 2 is 1.70 bits per heavy atom. The minimum absolute atomic E-state index is 0.0589. The Kier molecular flexibility index (Phi) is 5.48. The average molecular weight is 280 g/mol. The summed E-state index contributed by atoms with van der Waals surface area (Å²) in [7, 11) is 0. The number of hydrogen-bond donors (Lipinski definition) is 2. The number of nitrogens with one attached hydrogen (secondary N) is 2. The van der Waals surface area contributed by atoms with Crippen LogP contribution < -0.4 is 10.6 Å². The molecule has 1 amide bonds. The van der Waals surface area contributed by atoms with E-state index in [1.165, 1.54) is 51.4 Å². The van der Waals surface area contributed by atoms with Crippen molar-refractivity contribution in [3.63, 3.8) is 0 Å². The predicted molar refractivity (Wildman–Crippen MR) is 83.6 cm³/mol. The van der Waals surface area contributed by atoms with Gasteiger partial charge < -0.3 is 10.6 Å². The van der Waals surface area contributed by atoms with Crippen LogP contribution in [0.5, 0.6) is 0 Å². The third kappa shape index (κ3) is 4.21. The van der Waals surface area contributed by atoms with Gasteiger partial charge in [0.25, 0.3) is 0 Å². The predicted octanol–water partition coefficient (Wildman–Crippen LogP) is 3.24. The molecule has 1 spiro atoms. The zero-order valence-electron chi connectivity index (χ0n) is 13.5. The number of carbonyl (C=O) groups excluding carboxylic acids is 1. The molecule has 2 N–H and O–H groups in total. The molecular weight excluding hydrogens is 248 g/mol. The molecule has 2 rings (SSSR count). The first-order valence-corrected chi connectivity index (χ1v) is 8.54. The maximum Gasteiger partial charge on any atom is 0.236 e. The molecule has 0 aromatic carbocycles. The van der Waals surface area contributed by atoms with Crippen LogP contribution in [0.3, 0.4) is 0 Å². The van der Waals surface area contributed by atoms with Crippen molar-refractivity contribution in [3.05, 3.63) is 0 Å². The number of rotatable bonds is 5. The fraction of sp³-hybridized carbons (Fsp3) is 0.941. The van der Waals surface area contributed by atoms with Gasteiger partial charge in [0.1, 0.15) is 0 Å². The molecule has 0 aromatic rings. The normalized spacial score (nSPS) is 24.2. The number of amides is 1. The maximum atomic E-state index is 12.0. The second kappa shape index (κ2) is 6.93. The quantitative estimate of drug-likeness (QED) is 0.811. The van der Waals surface area contributed by atoms with E-state index in [0.29, 0.717) is 17.4 Å². The zero-order valence-corrected chi connectivity index (χ0v) is 13.5. The minimum Gasteiger partial charge on any atom is -0.354 e. The topological polar surface area (TPSA) is 41.1 Å². The molecule has 2 aliphatic carbocycles. The second-order valence-electron chi connectivity index (χ2n) is 7.51. The third-order valence-electron chi connectivity index (χ3n) is 5.27. The Morgan fingerprint density at radius 1 is 1.10 bits per heavy atom. The molecule has 2 fully saturated rings. The summed E-state index contributed by atoms with van der Waals surface area (Å²) in [4.78, 5) is 12.0. The molecule has 3 nitrogen and oxygen atoms in total. The molecule has 3 heteroatoms. The summed E-state index contributed by atoms with van der Waals surface area (Å²) in [5, 5.41) is 6.56. The Morgan fingerprint density at radius 3 is 2.25 bits per heavy atom. The molecule has 2 aliphatic rings. The van der Waals surface area contributed by atoms with E-state index in [0.717, 1.165) is 6.54 Å². The van der Waals surface area contributed by atoms with Gasteiger partial charge in [-0.1, -0.05) is 26.7 Å². The van der Waals surface area contributed by atoms with Crippen molar-refractivity contribution >= 4 is 5.91 Å². The van der Waals surface area contributed by atoms with Crippen LogP contribution in [0.1, 0.15) is 72.1 Å². The Balaban J connectivity index is 1.70. The molecule has 1 unspecified atom stereocenters. The second-order valence-corrected chi connectivity index (χ2v) is 7.51. The van der Waals surface area contributed by atoms with Crippen molar-refractivity contribution in [2.24, 2.45) is 11.3 Å². The highest BCUT2D eigenvalue weighted by Crippen LogP contribution is 2.48. The van der Waals surface area contributed by atoms with Crippen LogP contribution in [0.2, 0.25) is 0 Å². The van der Waals surface area contributed by atoms with Gasteiger partial charge in [0.15, 0.2) is 0 Å². The SMILES string of the molecule is CC(C)CNC(=O)C(C)NC1CCC2(CCCC2)CC1. The lowest BCUT2D eigenvalue weighted by molar-refractivity contribution is -0.123. The molecule has 0 aromatic heterocycles. The van der Waals surface area contributed by atoms with Crippen LogP contribution in [-0.2, 0) is 4.79 Å². The molecule has 0 aliphatic heterocycles. The van der Waals surface area contributed by atoms with Crippen LogP contribution in [-0.4, -0.2) is 24.5 Å². The van der Waals surface area contributed by atoms with Crippen LogP contribution in [0.25, 0.3) is 0 Å². The molecule has 0 bridgehead atoms. The van der Waals surface area contributed by atoms with E-state index < -0.39 is 0 Å². The highest BCUT2D eigenvalue weighted by Gasteiger charge is 2.37. The highest BCUT2D eigenvalue weighted by molar-refractivity contribution is 5.81. The monoisotopic (exact) mass is 280 g/mol. The molecule has 0 heterocycles. The van der Waals surface area contributed by atoms with Crippen molar-refractivity contribution in [2.45, 2.75) is 84.2 Å². The minimum atomic E-state index is -0.0589. The lowest BCUT2D eigenvalue weighted by Crippen LogP contribution is -2.48. The van der Waals surface area contributed by atoms with Crippen LogP contribution in [0.4, 0.5) is 0 Å². The molecule has 0 radical (unpaired) electrons. The smallest absolute Gasteiger partial charge is 0.236 e. The largest absolute Gasteiger partial charge is 0.354 e. The van der Waals surface area contributed by atoms with E-state index in [1.807, 2.05) is 6.92 Å². The first-order chi connectivity index (χ1) is 9.51. The summed E-state index contributed by atoms with van der Waals surface area (Å²) in [5.74, 6) is 0.669. The van der Waals surface area contributed by atoms with Gasteiger partial charge in [-0.3, -0.25) is 4.79 Å². The van der Waals surface area contributed by atoms with Gasteiger partial charge in [-0.15, -0.1) is 0 Å². The highest BCUT2D eigenvalue weighted by atomic mass is 16.2. The lowest BCUT2D eigenvalue weighted by atomic mass is 9.71. The van der Waals surface area contributed by atoms with Gasteiger partial charge in [-0.25, -0.2) is 0 Å². The summed E-state index contributed by atoms with van der Waals surface area (Å²) in [6, 6.07) is 0.484. The number of hydrogen-bond acceptors (Lipinski definition) is 2. The Bertz CT molecular complexity index is 311.